The van der Waals surface area contributed by atoms with Gasteiger partial charge in [-0.05, 0) is 61.2 Å². The molecule has 2 aromatic rings. The summed E-state index contributed by atoms with van der Waals surface area (Å²) in [5.74, 6) is -0.605. The van der Waals surface area contributed by atoms with Gasteiger partial charge in [-0.25, -0.2) is 9.18 Å². The van der Waals surface area contributed by atoms with Gasteiger partial charge in [-0.1, -0.05) is 6.92 Å². The normalized spacial score (nSPS) is 16.4. The first-order valence-corrected chi connectivity index (χ1v) is 9.01. The fourth-order valence-corrected chi connectivity index (χ4v) is 3.65. The molecule has 2 aliphatic rings. The quantitative estimate of drug-likeness (QED) is 0.744. The van der Waals surface area contributed by atoms with Crippen molar-refractivity contribution in [2.45, 2.75) is 31.6 Å². The SMILES string of the molecule is CCCOc1ccc2c(c1)C1(CC1)C(=O)N2c1cc(F)cc(C(=O)OC)c1. The molecule has 4 rings (SSSR count). The van der Waals surface area contributed by atoms with Gasteiger partial charge < -0.3 is 9.47 Å². The van der Waals surface area contributed by atoms with Gasteiger partial charge in [0.25, 0.3) is 0 Å². The van der Waals surface area contributed by atoms with Crippen molar-refractivity contribution in [1.82, 2.24) is 0 Å². The third-order valence-corrected chi connectivity index (χ3v) is 5.12. The summed E-state index contributed by atoms with van der Waals surface area (Å²) in [5.41, 5.74) is 1.46. The molecule has 1 saturated carbocycles. The number of esters is 1. The molecule has 1 spiro atoms. The molecule has 6 heteroatoms. The minimum atomic E-state index is -0.646. The Labute approximate surface area is 156 Å². The fraction of sp³-hybridized carbons (Fsp3) is 0.333. The molecule has 0 aromatic heterocycles. The number of halogens is 1. The number of benzene rings is 2. The maximum absolute atomic E-state index is 14.1. The summed E-state index contributed by atoms with van der Waals surface area (Å²) < 4.78 is 24.5. The van der Waals surface area contributed by atoms with Gasteiger partial charge >= 0.3 is 5.97 Å². The molecule has 0 bridgehead atoms. The standard InChI is InChI=1S/C21H20FNO4/c1-3-8-27-16-4-5-18-17(12-16)21(6-7-21)20(25)23(18)15-10-13(19(24)26-2)9-14(22)11-15/h4-5,9-12H,3,6-8H2,1-2H3. The highest BCUT2D eigenvalue weighted by Crippen LogP contribution is 2.59. The molecule has 140 valence electrons. The number of methoxy groups -OCH3 is 1. The van der Waals surface area contributed by atoms with Crippen LogP contribution >= 0.6 is 0 Å². The Bertz CT molecular complexity index is 936. The maximum atomic E-state index is 14.1. The summed E-state index contributed by atoms with van der Waals surface area (Å²) in [6.45, 7) is 2.64. The summed E-state index contributed by atoms with van der Waals surface area (Å²) in [6.07, 6.45) is 2.41. The molecule has 0 atom stereocenters. The van der Waals surface area contributed by atoms with Crippen molar-refractivity contribution < 1.29 is 23.5 Å². The van der Waals surface area contributed by atoms with Crippen LogP contribution in [0.25, 0.3) is 0 Å². The Balaban J connectivity index is 1.79. The second-order valence-corrected chi connectivity index (χ2v) is 6.94. The fourth-order valence-electron chi connectivity index (χ4n) is 3.65. The lowest BCUT2D eigenvalue weighted by atomic mass is 9.98. The summed E-state index contributed by atoms with van der Waals surface area (Å²) in [6, 6.07) is 9.41. The molecule has 1 aliphatic heterocycles. The average molecular weight is 369 g/mol. The van der Waals surface area contributed by atoms with Crippen LogP contribution in [-0.2, 0) is 14.9 Å². The zero-order valence-corrected chi connectivity index (χ0v) is 15.3. The van der Waals surface area contributed by atoms with E-state index in [1.54, 1.807) is 0 Å². The van der Waals surface area contributed by atoms with Crippen molar-refractivity contribution in [3.05, 3.63) is 53.3 Å². The predicted molar refractivity (Wildman–Crippen MR) is 98.0 cm³/mol. The Morgan fingerprint density at radius 3 is 2.67 bits per heavy atom. The number of fused-ring (bicyclic) bond motifs is 2. The lowest BCUT2D eigenvalue weighted by Crippen LogP contribution is -2.28. The highest BCUT2D eigenvalue weighted by Gasteiger charge is 2.59. The number of carbonyl (C=O) groups is 2. The van der Waals surface area contributed by atoms with E-state index in [2.05, 4.69) is 4.74 Å². The van der Waals surface area contributed by atoms with Crippen LogP contribution in [0, 0.1) is 5.82 Å². The number of anilines is 2. The second-order valence-electron chi connectivity index (χ2n) is 6.94. The number of hydrogen-bond donors (Lipinski definition) is 0. The zero-order chi connectivity index (χ0) is 19.2. The molecule has 1 aliphatic carbocycles. The summed E-state index contributed by atoms with van der Waals surface area (Å²) in [4.78, 5) is 26.5. The topological polar surface area (TPSA) is 55.8 Å². The van der Waals surface area contributed by atoms with Crippen molar-refractivity contribution >= 4 is 23.3 Å². The molecular formula is C21H20FNO4. The van der Waals surface area contributed by atoms with E-state index in [4.69, 9.17) is 4.74 Å². The van der Waals surface area contributed by atoms with Crippen LogP contribution in [0.15, 0.2) is 36.4 Å². The summed E-state index contributed by atoms with van der Waals surface area (Å²) in [5, 5.41) is 0. The number of nitrogens with zero attached hydrogens (tertiary/aromatic N) is 1. The van der Waals surface area contributed by atoms with Crippen LogP contribution in [0.2, 0.25) is 0 Å². The van der Waals surface area contributed by atoms with Gasteiger partial charge in [-0.15, -0.1) is 0 Å². The third-order valence-electron chi connectivity index (χ3n) is 5.12. The van der Waals surface area contributed by atoms with Crippen LogP contribution in [0.5, 0.6) is 5.75 Å². The third kappa shape index (κ3) is 2.76. The molecule has 2 aromatic carbocycles. The van der Waals surface area contributed by atoms with Crippen molar-refractivity contribution in [2.75, 3.05) is 18.6 Å². The van der Waals surface area contributed by atoms with Crippen LogP contribution in [-0.4, -0.2) is 25.6 Å². The van der Waals surface area contributed by atoms with Gasteiger partial charge in [0.15, 0.2) is 0 Å². The summed E-state index contributed by atoms with van der Waals surface area (Å²) >= 11 is 0. The number of carbonyl (C=O) groups excluding carboxylic acids is 2. The average Bonchev–Trinajstić information content (AvgIpc) is 3.43. The van der Waals surface area contributed by atoms with Gasteiger partial charge in [0.05, 0.1) is 36.1 Å². The molecule has 27 heavy (non-hydrogen) atoms. The second kappa shape index (κ2) is 6.37. The number of amides is 1. The van der Waals surface area contributed by atoms with E-state index in [-0.39, 0.29) is 11.5 Å². The molecule has 0 radical (unpaired) electrons. The van der Waals surface area contributed by atoms with E-state index in [9.17, 15) is 14.0 Å². The van der Waals surface area contributed by atoms with E-state index in [1.807, 2.05) is 25.1 Å². The van der Waals surface area contributed by atoms with Gasteiger partial charge in [0.2, 0.25) is 5.91 Å². The van der Waals surface area contributed by atoms with Crippen LogP contribution in [0.4, 0.5) is 15.8 Å². The first-order valence-electron chi connectivity index (χ1n) is 9.01. The Kier molecular flexibility index (Phi) is 4.13. The predicted octanol–water partition coefficient (Wildman–Crippen LogP) is 4.11. The zero-order valence-electron chi connectivity index (χ0n) is 15.3. The molecule has 0 saturated heterocycles. The van der Waals surface area contributed by atoms with E-state index in [0.29, 0.717) is 18.0 Å². The van der Waals surface area contributed by atoms with E-state index in [0.717, 1.165) is 36.6 Å². The molecule has 0 N–H and O–H groups in total. The van der Waals surface area contributed by atoms with Crippen molar-refractivity contribution in [2.24, 2.45) is 0 Å². The van der Waals surface area contributed by atoms with Gasteiger partial charge in [0, 0.05) is 0 Å². The molecule has 1 heterocycles. The van der Waals surface area contributed by atoms with E-state index < -0.39 is 17.2 Å². The highest BCUT2D eigenvalue weighted by atomic mass is 19.1. The highest BCUT2D eigenvalue weighted by molar-refractivity contribution is 6.15. The van der Waals surface area contributed by atoms with Crippen LogP contribution in [0.1, 0.15) is 42.1 Å². The maximum Gasteiger partial charge on any atom is 0.338 e. The van der Waals surface area contributed by atoms with E-state index in [1.165, 1.54) is 24.1 Å². The molecule has 5 nitrogen and oxygen atoms in total. The first-order chi connectivity index (χ1) is 13.0. The monoisotopic (exact) mass is 369 g/mol. The lowest BCUT2D eigenvalue weighted by molar-refractivity contribution is -0.119. The smallest absolute Gasteiger partial charge is 0.338 e. The minimum Gasteiger partial charge on any atom is -0.494 e. The molecule has 1 amide bonds. The first kappa shape index (κ1) is 17.5. The molecule has 0 unspecified atom stereocenters. The van der Waals surface area contributed by atoms with Crippen molar-refractivity contribution in [3.8, 4) is 5.75 Å². The Hall–Kier alpha value is -2.89. The van der Waals surface area contributed by atoms with Crippen molar-refractivity contribution in [1.29, 1.82) is 0 Å². The molecule has 1 fully saturated rings. The summed E-state index contributed by atoms with van der Waals surface area (Å²) in [7, 11) is 1.24. The Morgan fingerprint density at radius 1 is 1.22 bits per heavy atom. The van der Waals surface area contributed by atoms with Gasteiger partial charge in [-0.3, -0.25) is 9.69 Å². The van der Waals surface area contributed by atoms with E-state index >= 15 is 0 Å². The number of rotatable bonds is 5. The Morgan fingerprint density at radius 2 is 2.00 bits per heavy atom. The number of ether oxygens (including phenoxy) is 2. The van der Waals surface area contributed by atoms with Crippen LogP contribution < -0.4 is 9.64 Å². The van der Waals surface area contributed by atoms with Gasteiger partial charge in [0.1, 0.15) is 11.6 Å². The molecular weight excluding hydrogens is 349 g/mol. The van der Waals surface area contributed by atoms with Gasteiger partial charge in [-0.2, -0.15) is 0 Å². The van der Waals surface area contributed by atoms with Crippen LogP contribution in [0.3, 0.4) is 0 Å². The largest absolute Gasteiger partial charge is 0.494 e. The number of hydrogen-bond acceptors (Lipinski definition) is 4. The minimum absolute atomic E-state index is 0.0708. The van der Waals surface area contributed by atoms with Crippen molar-refractivity contribution in [3.63, 3.8) is 0 Å². The lowest BCUT2D eigenvalue weighted by Gasteiger charge is -2.19.